The van der Waals surface area contributed by atoms with E-state index in [1.54, 1.807) is 18.3 Å². The maximum Gasteiger partial charge on any atom is 0.269 e. The van der Waals surface area contributed by atoms with Gasteiger partial charge in [0.05, 0.1) is 16.2 Å². The fraction of sp³-hybridized carbons (Fsp3) is 0.259. The lowest BCUT2D eigenvalue weighted by Gasteiger charge is -2.23. The number of rotatable bonds is 4. The molecule has 2 aromatic carbocycles. The van der Waals surface area contributed by atoms with Gasteiger partial charge >= 0.3 is 0 Å². The largest absolute Gasteiger partial charge is 0.355 e. The molecule has 3 heterocycles. The summed E-state index contributed by atoms with van der Waals surface area (Å²) < 4.78 is 2.02. The molecule has 8 heteroatoms. The molecule has 0 N–H and O–H groups in total. The average Bonchev–Trinajstić information content (AvgIpc) is 3.01. The summed E-state index contributed by atoms with van der Waals surface area (Å²) in [7, 11) is 1.94. The molecule has 8 nitrogen and oxygen atoms in total. The number of aryl methyl sites for hydroxylation is 2. The fourth-order valence-electron chi connectivity index (χ4n) is 4.90. The van der Waals surface area contributed by atoms with Gasteiger partial charge in [-0.1, -0.05) is 17.7 Å². The number of pyridine rings is 1. The number of anilines is 1. The summed E-state index contributed by atoms with van der Waals surface area (Å²) in [5.74, 6) is 0.909. The Morgan fingerprint density at radius 3 is 2.51 bits per heavy atom. The topological polar surface area (TPSA) is 84.5 Å². The second kappa shape index (κ2) is 9.21. The van der Waals surface area contributed by atoms with Crippen LogP contribution in [0.2, 0.25) is 0 Å². The van der Waals surface area contributed by atoms with Gasteiger partial charge in [0.1, 0.15) is 5.82 Å². The minimum atomic E-state index is -0.411. The molecule has 4 aromatic rings. The van der Waals surface area contributed by atoms with Crippen LogP contribution in [0.1, 0.15) is 22.3 Å². The van der Waals surface area contributed by atoms with Crippen LogP contribution in [0.25, 0.3) is 22.2 Å². The molecule has 0 spiro atoms. The van der Waals surface area contributed by atoms with Gasteiger partial charge in [-0.3, -0.25) is 14.9 Å². The molecule has 178 valence electrons. The number of carbonyl (C=O) groups is 1. The molecule has 0 radical (unpaired) electrons. The van der Waals surface area contributed by atoms with Gasteiger partial charge in [-0.25, -0.2) is 4.98 Å². The molecule has 0 bridgehead atoms. The normalized spacial score (nSPS) is 14.2. The Bertz CT molecular complexity index is 1400. The first-order chi connectivity index (χ1) is 16.9. The molecule has 1 amide bonds. The van der Waals surface area contributed by atoms with Crippen molar-refractivity contribution < 1.29 is 9.72 Å². The molecule has 0 atom stereocenters. The van der Waals surface area contributed by atoms with E-state index in [9.17, 15) is 14.9 Å². The monoisotopic (exact) mass is 469 g/mol. The smallest absolute Gasteiger partial charge is 0.269 e. The minimum Gasteiger partial charge on any atom is -0.355 e. The summed E-state index contributed by atoms with van der Waals surface area (Å²) in [5.41, 5.74) is 4.25. The van der Waals surface area contributed by atoms with Gasteiger partial charge in [0.2, 0.25) is 0 Å². The lowest BCUT2D eigenvalue weighted by molar-refractivity contribution is -0.384. The highest BCUT2D eigenvalue weighted by Gasteiger charge is 2.28. The lowest BCUT2D eigenvalue weighted by Crippen LogP contribution is -2.35. The van der Waals surface area contributed by atoms with Crippen LogP contribution < -0.4 is 4.90 Å². The first kappa shape index (κ1) is 22.6. The highest BCUT2D eigenvalue weighted by Crippen LogP contribution is 2.35. The molecule has 5 rings (SSSR count). The van der Waals surface area contributed by atoms with Crippen molar-refractivity contribution >= 4 is 28.3 Å². The van der Waals surface area contributed by atoms with Gasteiger partial charge in [0, 0.05) is 62.5 Å². The van der Waals surface area contributed by atoms with Crippen molar-refractivity contribution in [3.8, 4) is 11.3 Å². The highest BCUT2D eigenvalue weighted by molar-refractivity contribution is 6.13. The number of nitro benzene ring substituents is 1. The maximum absolute atomic E-state index is 14.1. The van der Waals surface area contributed by atoms with Gasteiger partial charge in [0.25, 0.3) is 11.6 Å². The predicted octanol–water partition coefficient (Wildman–Crippen LogP) is 4.81. The summed E-state index contributed by atoms with van der Waals surface area (Å²) in [6.45, 7) is 4.81. The van der Waals surface area contributed by atoms with Gasteiger partial charge < -0.3 is 14.4 Å². The number of nitro groups is 1. The Hall–Kier alpha value is -4.20. The zero-order valence-corrected chi connectivity index (χ0v) is 19.8. The summed E-state index contributed by atoms with van der Waals surface area (Å²) >= 11 is 0. The van der Waals surface area contributed by atoms with Crippen LogP contribution in [0.4, 0.5) is 11.5 Å². The zero-order chi connectivity index (χ0) is 24.5. The van der Waals surface area contributed by atoms with Crippen LogP contribution in [-0.4, -0.2) is 51.5 Å². The molecule has 1 fully saturated rings. The van der Waals surface area contributed by atoms with Crippen molar-refractivity contribution in [2.24, 2.45) is 7.05 Å². The molecule has 0 saturated carbocycles. The highest BCUT2D eigenvalue weighted by atomic mass is 16.6. The zero-order valence-electron chi connectivity index (χ0n) is 19.8. The third-order valence-corrected chi connectivity index (χ3v) is 6.68. The summed E-state index contributed by atoms with van der Waals surface area (Å²) in [6, 6.07) is 18.4. The van der Waals surface area contributed by atoms with Gasteiger partial charge in [-0.15, -0.1) is 0 Å². The van der Waals surface area contributed by atoms with Crippen LogP contribution in [0.5, 0.6) is 0 Å². The Kier molecular flexibility index (Phi) is 5.94. The lowest BCUT2D eigenvalue weighted by atomic mass is 10.0. The van der Waals surface area contributed by atoms with Gasteiger partial charge in [0.15, 0.2) is 0 Å². The molecule has 1 aliphatic heterocycles. The number of hydrogen-bond donors (Lipinski definition) is 0. The predicted molar refractivity (Wildman–Crippen MR) is 137 cm³/mol. The van der Waals surface area contributed by atoms with E-state index in [0.717, 1.165) is 46.5 Å². The van der Waals surface area contributed by atoms with Gasteiger partial charge in [-0.05, 0) is 55.3 Å². The molecule has 1 saturated heterocycles. The van der Waals surface area contributed by atoms with Crippen LogP contribution in [0.3, 0.4) is 0 Å². The van der Waals surface area contributed by atoms with Crippen LogP contribution in [-0.2, 0) is 7.05 Å². The van der Waals surface area contributed by atoms with E-state index in [0.29, 0.717) is 25.2 Å². The number of amides is 1. The average molecular weight is 470 g/mol. The van der Waals surface area contributed by atoms with Crippen LogP contribution in [0, 0.1) is 17.0 Å². The molecule has 0 unspecified atom stereocenters. The number of benzene rings is 2. The van der Waals surface area contributed by atoms with E-state index in [1.165, 1.54) is 12.1 Å². The Morgan fingerprint density at radius 1 is 1.00 bits per heavy atom. The van der Waals surface area contributed by atoms with E-state index in [-0.39, 0.29) is 11.6 Å². The van der Waals surface area contributed by atoms with E-state index >= 15 is 0 Å². The SMILES string of the molecule is Cc1ccc2c(c1)c(C(=O)N1CCCN(c3ccccn3)CC1)c(-c1ccc([N+](=O)[O-])cc1)n2C. The standard InChI is InChI=1S/C27H27N5O3/c1-19-7-12-23-22(18-19)25(26(29(23)2)20-8-10-21(11-9-20)32(34)35)27(33)31-15-5-14-30(16-17-31)24-6-3-4-13-28-24/h3-4,6-13,18H,5,14-17H2,1-2H3. The van der Waals surface area contributed by atoms with Crippen molar-refractivity contribution in [3.05, 3.63) is 88.1 Å². The summed E-state index contributed by atoms with van der Waals surface area (Å²) in [4.78, 5) is 33.4. The second-order valence-corrected chi connectivity index (χ2v) is 8.93. The molecule has 0 aliphatic carbocycles. The third kappa shape index (κ3) is 4.23. The number of non-ortho nitro benzene ring substituents is 1. The van der Waals surface area contributed by atoms with E-state index in [4.69, 9.17) is 0 Å². The Morgan fingerprint density at radius 2 is 1.80 bits per heavy atom. The van der Waals surface area contributed by atoms with Crippen molar-refractivity contribution in [1.29, 1.82) is 0 Å². The first-order valence-electron chi connectivity index (χ1n) is 11.7. The molecular weight excluding hydrogens is 442 g/mol. The Balaban J connectivity index is 1.55. The van der Waals surface area contributed by atoms with Crippen molar-refractivity contribution in [1.82, 2.24) is 14.5 Å². The fourth-order valence-corrected chi connectivity index (χ4v) is 4.90. The molecule has 2 aromatic heterocycles. The Labute approximate surface area is 203 Å². The summed E-state index contributed by atoms with van der Waals surface area (Å²) in [5, 5.41) is 12.1. The maximum atomic E-state index is 14.1. The van der Waals surface area contributed by atoms with E-state index in [1.807, 2.05) is 53.8 Å². The van der Waals surface area contributed by atoms with Crippen molar-refractivity contribution in [3.63, 3.8) is 0 Å². The van der Waals surface area contributed by atoms with Crippen molar-refractivity contribution in [2.45, 2.75) is 13.3 Å². The van der Waals surface area contributed by atoms with Gasteiger partial charge in [-0.2, -0.15) is 0 Å². The van der Waals surface area contributed by atoms with Crippen LogP contribution >= 0.6 is 0 Å². The first-order valence-corrected chi connectivity index (χ1v) is 11.7. The van der Waals surface area contributed by atoms with Crippen molar-refractivity contribution in [2.75, 3.05) is 31.1 Å². The minimum absolute atomic E-state index is 0.0163. The number of hydrogen-bond acceptors (Lipinski definition) is 5. The number of carbonyl (C=O) groups excluding carboxylic acids is 1. The second-order valence-electron chi connectivity index (χ2n) is 8.93. The number of fused-ring (bicyclic) bond motifs is 1. The summed E-state index contributed by atoms with van der Waals surface area (Å²) in [6.07, 6.45) is 2.64. The van der Waals surface area contributed by atoms with E-state index < -0.39 is 4.92 Å². The molecular formula is C27H27N5O3. The number of nitrogens with zero attached hydrogens (tertiary/aromatic N) is 5. The molecule has 35 heavy (non-hydrogen) atoms. The quantitative estimate of drug-likeness (QED) is 0.316. The third-order valence-electron chi connectivity index (χ3n) is 6.68. The van der Waals surface area contributed by atoms with E-state index in [2.05, 4.69) is 16.0 Å². The molecule has 1 aliphatic rings. The number of aromatic nitrogens is 2. The van der Waals surface area contributed by atoms with Crippen LogP contribution in [0.15, 0.2) is 66.9 Å².